The third kappa shape index (κ3) is 2.48. The molecule has 0 fully saturated rings. The fraction of sp³-hybridized carbons (Fsp3) is 0.438. The molecule has 1 aromatic carbocycles. The molecular weight excluding hydrogens is 272 g/mol. The van der Waals surface area contributed by atoms with Gasteiger partial charge in [0.2, 0.25) is 0 Å². The molecule has 0 saturated heterocycles. The third-order valence-corrected chi connectivity index (χ3v) is 4.34. The fourth-order valence-corrected chi connectivity index (χ4v) is 3.44. The summed E-state index contributed by atoms with van der Waals surface area (Å²) in [6.45, 7) is 6.13. The molecule has 1 aromatic heterocycles. The summed E-state index contributed by atoms with van der Waals surface area (Å²) in [5.41, 5.74) is 4.92. The van der Waals surface area contributed by atoms with Crippen molar-refractivity contribution in [3.05, 3.63) is 51.4 Å². The van der Waals surface area contributed by atoms with Gasteiger partial charge in [-0.1, -0.05) is 22.8 Å². The summed E-state index contributed by atoms with van der Waals surface area (Å²) < 4.78 is 5.25. The van der Waals surface area contributed by atoms with Crippen molar-refractivity contribution in [2.45, 2.75) is 45.7 Å². The monoisotopic (exact) mass is 290 g/mol. The molecule has 2 unspecified atom stereocenters. The van der Waals surface area contributed by atoms with Gasteiger partial charge in [0.05, 0.1) is 5.69 Å². The van der Waals surface area contributed by atoms with Crippen LogP contribution in [0.25, 0.3) is 0 Å². The summed E-state index contributed by atoms with van der Waals surface area (Å²) in [6.07, 6.45) is 2.09. The molecule has 0 saturated carbocycles. The molecule has 1 heterocycles. The van der Waals surface area contributed by atoms with E-state index in [0.29, 0.717) is 6.04 Å². The minimum absolute atomic E-state index is 0.246. The van der Waals surface area contributed by atoms with Crippen LogP contribution in [-0.4, -0.2) is 11.2 Å². The number of nitrogens with zero attached hydrogens (tertiary/aromatic N) is 1. The van der Waals surface area contributed by atoms with Crippen LogP contribution < -0.4 is 5.32 Å². The van der Waals surface area contributed by atoms with Crippen molar-refractivity contribution in [2.24, 2.45) is 0 Å². The predicted molar refractivity (Wildman–Crippen MR) is 80.2 cm³/mol. The molecule has 0 aliphatic heterocycles. The number of aromatic nitrogens is 1. The van der Waals surface area contributed by atoms with Crippen LogP contribution in [0, 0.1) is 13.8 Å². The molecule has 1 aliphatic carbocycles. The van der Waals surface area contributed by atoms with E-state index < -0.39 is 0 Å². The second-order valence-electron chi connectivity index (χ2n) is 5.64. The van der Waals surface area contributed by atoms with Gasteiger partial charge < -0.3 is 9.84 Å². The Kier molecular flexibility index (Phi) is 3.57. The Morgan fingerprint density at radius 2 is 2.05 bits per heavy atom. The predicted octanol–water partition coefficient (Wildman–Crippen LogP) is 3.76. The number of aryl methyl sites for hydroxylation is 2. The Balaban J connectivity index is 1.72. The summed E-state index contributed by atoms with van der Waals surface area (Å²) in [5, 5.41) is 8.54. The molecule has 3 rings (SSSR count). The average Bonchev–Trinajstić information content (AvgIpc) is 2.92. The maximum atomic E-state index is 6.06. The van der Waals surface area contributed by atoms with E-state index >= 15 is 0 Å². The van der Waals surface area contributed by atoms with E-state index in [1.807, 2.05) is 19.9 Å². The van der Waals surface area contributed by atoms with Gasteiger partial charge in [-0.2, -0.15) is 0 Å². The zero-order valence-electron chi connectivity index (χ0n) is 12.0. The van der Waals surface area contributed by atoms with Crippen molar-refractivity contribution in [3.63, 3.8) is 0 Å². The maximum Gasteiger partial charge on any atom is 0.138 e. The van der Waals surface area contributed by atoms with Crippen LogP contribution in [0.15, 0.2) is 22.7 Å². The fourth-order valence-electron chi connectivity index (χ4n) is 3.25. The number of nitrogens with one attached hydrogen (secondary N) is 1. The lowest BCUT2D eigenvalue weighted by Crippen LogP contribution is -2.32. The van der Waals surface area contributed by atoms with Crippen LogP contribution in [0.1, 0.15) is 41.1 Å². The van der Waals surface area contributed by atoms with Crippen LogP contribution in [0.3, 0.4) is 0 Å². The largest absolute Gasteiger partial charge is 0.361 e. The van der Waals surface area contributed by atoms with Crippen molar-refractivity contribution < 1.29 is 4.52 Å². The second-order valence-corrected chi connectivity index (χ2v) is 6.08. The Hall–Kier alpha value is -1.32. The topological polar surface area (TPSA) is 38.1 Å². The van der Waals surface area contributed by atoms with Crippen LogP contribution in [0.2, 0.25) is 5.02 Å². The lowest BCUT2D eigenvalue weighted by Gasteiger charge is -2.19. The van der Waals surface area contributed by atoms with Gasteiger partial charge in [-0.05, 0) is 56.9 Å². The minimum Gasteiger partial charge on any atom is -0.361 e. The standard InChI is InChI=1S/C16H19ClN2O/c1-9(16-10(2)19-20-11(16)3)18-15-7-12-4-5-14(17)6-13(12)8-15/h4-6,9,15,18H,7-8H2,1-3H3. The van der Waals surface area contributed by atoms with Crippen molar-refractivity contribution in [1.29, 1.82) is 0 Å². The molecule has 2 aromatic rings. The Morgan fingerprint density at radius 3 is 2.75 bits per heavy atom. The highest BCUT2D eigenvalue weighted by molar-refractivity contribution is 6.30. The lowest BCUT2D eigenvalue weighted by atomic mass is 10.1. The molecule has 0 bridgehead atoms. The van der Waals surface area contributed by atoms with E-state index in [1.54, 1.807) is 0 Å². The van der Waals surface area contributed by atoms with Gasteiger partial charge in [0, 0.05) is 22.7 Å². The molecule has 3 nitrogen and oxygen atoms in total. The molecule has 1 aliphatic rings. The van der Waals surface area contributed by atoms with Gasteiger partial charge in [-0.15, -0.1) is 0 Å². The van der Waals surface area contributed by atoms with Crippen molar-refractivity contribution >= 4 is 11.6 Å². The molecule has 4 heteroatoms. The van der Waals surface area contributed by atoms with Gasteiger partial charge >= 0.3 is 0 Å². The molecule has 0 spiro atoms. The number of hydrogen-bond acceptors (Lipinski definition) is 3. The summed E-state index contributed by atoms with van der Waals surface area (Å²) in [4.78, 5) is 0. The van der Waals surface area contributed by atoms with Gasteiger partial charge in [-0.3, -0.25) is 0 Å². The first-order valence-corrected chi connectivity index (χ1v) is 7.38. The summed E-state index contributed by atoms with van der Waals surface area (Å²) in [5.74, 6) is 0.904. The van der Waals surface area contributed by atoms with Gasteiger partial charge in [-0.25, -0.2) is 0 Å². The molecule has 2 atom stereocenters. The van der Waals surface area contributed by atoms with E-state index in [-0.39, 0.29) is 6.04 Å². The Bertz CT molecular complexity index is 616. The van der Waals surface area contributed by atoms with E-state index in [2.05, 4.69) is 29.5 Å². The number of halogens is 1. The zero-order valence-corrected chi connectivity index (χ0v) is 12.8. The minimum atomic E-state index is 0.246. The molecule has 0 amide bonds. The highest BCUT2D eigenvalue weighted by Gasteiger charge is 2.25. The summed E-state index contributed by atoms with van der Waals surface area (Å²) >= 11 is 6.06. The lowest BCUT2D eigenvalue weighted by molar-refractivity contribution is 0.389. The highest BCUT2D eigenvalue weighted by Crippen LogP contribution is 2.28. The summed E-state index contributed by atoms with van der Waals surface area (Å²) in [7, 11) is 0. The first-order chi connectivity index (χ1) is 9.54. The van der Waals surface area contributed by atoms with E-state index in [4.69, 9.17) is 16.1 Å². The Morgan fingerprint density at radius 1 is 1.30 bits per heavy atom. The first-order valence-electron chi connectivity index (χ1n) is 7.00. The summed E-state index contributed by atoms with van der Waals surface area (Å²) in [6, 6.07) is 6.89. The molecule has 106 valence electrons. The normalized spacial score (nSPS) is 19.1. The van der Waals surface area contributed by atoms with Crippen LogP contribution >= 0.6 is 11.6 Å². The van der Waals surface area contributed by atoms with Crippen LogP contribution in [0.4, 0.5) is 0 Å². The van der Waals surface area contributed by atoms with Gasteiger partial charge in [0.1, 0.15) is 5.76 Å². The third-order valence-electron chi connectivity index (χ3n) is 4.11. The zero-order chi connectivity index (χ0) is 14.3. The second kappa shape index (κ2) is 5.23. The van der Waals surface area contributed by atoms with E-state index in [9.17, 15) is 0 Å². The number of benzene rings is 1. The SMILES string of the molecule is Cc1noc(C)c1C(C)NC1Cc2ccc(Cl)cc2C1. The van der Waals surface area contributed by atoms with Gasteiger partial charge in [0.15, 0.2) is 0 Å². The van der Waals surface area contributed by atoms with Crippen LogP contribution in [-0.2, 0) is 12.8 Å². The number of rotatable bonds is 3. The molecule has 1 N–H and O–H groups in total. The maximum absolute atomic E-state index is 6.06. The van der Waals surface area contributed by atoms with Crippen molar-refractivity contribution in [1.82, 2.24) is 10.5 Å². The molecule has 0 radical (unpaired) electrons. The van der Waals surface area contributed by atoms with Crippen molar-refractivity contribution in [3.8, 4) is 0 Å². The van der Waals surface area contributed by atoms with Crippen LogP contribution in [0.5, 0.6) is 0 Å². The average molecular weight is 291 g/mol. The van der Waals surface area contributed by atoms with E-state index in [1.165, 1.54) is 16.7 Å². The van der Waals surface area contributed by atoms with Crippen molar-refractivity contribution in [2.75, 3.05) is 0 Å². The van der Waals surface area contributed by atoms with Gasteiger partial charge in [0.25, 0.3) is 0 Å². The number of fused-ring (bicyclic) bond motifs is 1. The number of hydrogen-bond donors (Lipinski definition) is 1. The van der Waals surface area contributed by atoms with E-state index in [0.717, 1.165) is 29.3 Å². The Labute approximate surface area is 124 Å². The first kappa shape index (κ1) is 13.7. The molecular formula is C16H19ClN2O. The quantitative estimate of drug-likeness (QED) is 0.935. The molecule has 20 heavy (non-hydrogen) atoms. The highest BCUT2D eigenvalue weighted by atomic mass is 35.5. The smallest absolute Gasteiger partial charge is 0.138 e.